The van der Waals surface area contributed by atoms with Gasteiger partial charge in [-0.25, -0.2) is 9.97 Å². The van der Waals surface area contributed by atoms with Gasteiger partial charge in [-0.3, -0.25) is 0 Å². The van der Waals surface area contributed by atoms with Crippen molar-refractivity contribution in [3.63, 3.8) is 0 Å². The summed E-state index contributed by atoms with van der Waals surface area (Å²) >= 11 is 5.81. The molecule has 0 aliphatic carbocycles. The fourth-order valence-corrected chi connectivity index (χ4v) is 4.68. The molecule has 0 fully saturated rings. The normalized spacial score (nSPS) is 11.6. The fraction of sp³-hybridized carbons (Fsp3) is 0.111. The van der Waals surface area contributed by atoms with Crippen molar-refractivity contribution in [2.75, 3.05) is 0 Å². The summed E-state index contributed by atoms with van der Waals surface area (Å²) in [6.07, 6.45) is 0. The van der Waals surface area contributed by atoms with E-state index in [-0.39, 0.29) is 0 Å². The van der Waals surface area contributed by atoms with Crippen LogP contribution in [0.5, 0.6) is 0 Å². The van der Waals surface area contributed by atoms with Gasteiger partial charge in [-0.1, -0.05) is 0 Å². The maximum atomic E-state index is 4.63. The van der Waals surface area contributed by atoms with E-state index >= 15 is 0 Å². The quantitative estimate of drug-likeness (QED) is 0.429. The van der Waals surface area contributed by atoms with Crippen LogP contribution in [-0.4, -0.2) is 25.7 Å². The Kier molecular flexibility index (Phi) is 2.52. The van der Waals surface area contributed by atoms with E-state index in [1.165, 1.54) is 20.3 Å². The lowest BCUT2D eigenvalue weighted by atomic mass is 9.87. The largest absolute Gasteiger partial charge is 0.242 e. The molecule has 2 heterocycles. The minimum Gasteiger partial charge on any atom is -0.242 e. The molecule has 0 amide bonds. The maximum absolute atomic E-state index is 4.63. The Morgan fingerprint density at radius 1 is 1.00 bits per heavy atom. The Morgan fingerprint density at radius 3 is 2.25 bits per heavy atom. The monoisotopic (exact) mass is 356 g/mol. The Balaban J connectivity index is 2.63. The second kappa shape index (κ2) is 3.68. The van der Waals surface area contributed by atoms with Crippen LogP contribution in [0.2, 0.25) is 0 Å². The van der Waals surface area contributed by atoms with Crippen molar-refractivity contribution < 1.29 is 0 Å². The smallest absolute Gasteiger partial charge is 0.155 e. The topological polar surface area (TPSA) is 25.8 Å². The summed E-state index contributed by atoms with van der Waals surface area (Å²) in [6.45, 7) is 2.06. The van der Waals surface area contributed by atoms with Crippen molar-refractivity contribution in [2.24, 2.45) is 0 Å². The second-order valence-corrected chi connectivity index (χ2v) is 7.76. The molecule has 0 atom stereocenters. The van der Waals surface area contributed by atoms with Crippen LogP contribution in [-0.2, 0) is 0 Å². The average Bonchev–Trinajstić information content (AvgIpc) is 2.78. The highest BCUT2D eigenvalue weighted by Gasteiger charge is 2.15. The van der Waals surface area contributed by atoms with E-state index in [9.17, 15) is 0 Å². The predicted molar refractivity (Wildman–Crippen MR) is 86.6 cm³/mol. The summed E-state index contributed by atoms with van der Waals surface area (Å²) in [5, 5.41) is 1.13. The molecule has 0 aliphatic rings. The van der Waals surface area contributed by atoms with Gasteiger partial charge in [0.1, 0.15) is 15.7 Å². The molecule has 3 rings (SSSR count). The standard InChI is InChI=1S/C9H7B2IN2S2/c1-2-13-5-3(10)8-6(14-9(12)16-8)4(11)7(5)15-2/h10-11H2,1H3. The summed E-state index contributed by atoms with van der Waals surface area (Å²) in [5.74, 6) is 0. The minimum absolute atomic E-state index is 1.10. The molecule has 1 aromatic carbocycles. The van der Waals surface area contributed by atoms with Gasteiger partial charge < -0.3 is 0 Å². The lowest BCUT2D eigenvalue weighted by Gasteiger charge is -2.01. The van der Waals surface area contributed by atoms with Gasteiger partial charge >= 0.3 is 0 Å². The highest BCUT2D eigenvalue weighted by atomic mass is 127. The first-order valence-electron chi connectivity index (χ1n) is 4.90. The van der Waals surface area contributed by atoms with Crippen LogP contribution in [0.15, 0.2) is 0 Å². The van der Waals surface area contributed by atoms with Crippen LogP contribution >= 0.6 is 45.3 Å². The van der Waals surface area contributed by atoms with E-state index in [0.717, 1.165) is 19.1 Å². The van der Waals surface area contributed by atoms with E-state index < -0.39 is 0 Å². The molecule has 78 valence electrons. The Labute approximate surface area is 116 Å². The van der Waals surface area contributed by atoms with Crippen LogP contribution in [0.4, 0.5) is 0 Å². The number of halogens is 1. The maximum Gasteiger partial charge on any atom is 0.155 e. The summed E-state index contributed by atoms with van der Waals surface area (Å²) in [4.78, 5) is 9.24. The first-order chi connectivity index (χ1) is 7.58. The van der Waals surface area contributed by atoms with Gasteiger partial charge in [-0.15, -0.1) is 22.7 Å². The van der Waals surface area contributed by atoms with Crippen molar-refractivity contribution in [2.45, 2.75) is 6.92 Å². The number of fused-ring (bicyclic) bond motifs is 2. The number of nitrogens with zero attached hydrogens (tertiary/aromatic N) is 2. The van der Waals surface area contributed by atoms with E-state index in [0.29, 0.717) is 0 Å². The molecule has 0 saturated carbocycles. The molecule has 2 nitrogen and oxygen atoms in total. The van der Waals surface area contributed by atoms with Crippen LogP contribution < -0.4 is 10.9 Å². The molecule has 0 spiro atoms. The zero-order valence-corrected chi connectivity index (χ0v) is 12.9. The molecule has 16 heavy (non-hydrogen) atoms. The van der Waals surface area contributed by atoms with Crippen molar-refractivity contribution in [3.8, 4) is 0 Å². The zero-order chi connectivity index (χ0) is 11.4. The van der Waals surface area contributed by atoms with Crippen molar-refractivity contribution >= 4 is 92.3 Å². The minimum atomic E-state index is 1.10. The molecule has 0 N–H and O–H groups in total. The second-order valence-electron chi connectivity index (χ2n) is 3.81. The SMILES string of the molecule is Bc1c2nc(I)sc2c(B)c2nc(C)sc12. The van der Waals surface area contributed by atoms with Gasteiger partial charge in [0.2, 0.25) is 0 Å². The predicted octanol–water partition coefficient (Wildman–Crippen LogP) is 0.336. The zero-order valence-electron chi connectivity index (χ0n) is 9.09. The molecule has 7 heteroatoms. The van der Waals surface area contributed by atoms with Gasteiger partial charge in [-0.05, 0) is 40.4 Å². The van der Waals surface area contributed by atoms with Crippen LogP contribution in [0.1, 0.15) is 5.01 Å². The summed E-state index contributed by atoms with van der Waals surface area (Å²) < 4.78 is 3.69. The molecular weight excluding hydrogens is 349 g/mol. The lowest BCUT2D eigenvalue weighted by molar-refractivity contribution is 1.35. The van der Waals surface area contributed by atoms with Gasteiger partial charge in [0.05, 0.1) is 20.7 Å². The van der Waals surface area contributed by atoms with Crippen molar-refractivity contribution in [1.29, 1.82) is 0 Å². The molecule has 3 aromatic rings. The summed E-state index contributed by atoms with van der Waals surface area (Å²) in [6, 6.07) is 0. The molecule has 0 radical (unpaired) electrons. The molecule has 2 aromatic heterocycles. The van der Waals surface area contributed by atoms with Crippen LogP contribution in [0, 0.1) is 9.94 Å². The van der Waals surface area contributed by atoms with E-state index in [4.69, 9.17) is 0 Å². The first kappa shape index (κ1) is 11.0. The van der Waals surface area contributed by atoms with Gasteiger partial charge in [-0.2, -0.15) is 0 Å². The number of hydrogen-bond donors (Lipinski definition) is 0. The Morgan fingerprint density at radius 2 is 1.56 bits per heavy atom. The third-order valence-electron chi connectivity index (χ3n) is 2.73. The third-order valence-corrected chi connectivity index (χ3v) is 5.68. The van der Waals surface area contributed by atoms with Gasteiger partial charge in [0, 0.05) is 4.70 Å². The highest BCUT2D eigenvalue weighted by molar-refractivity contribution is 14.1. The Hall–Kier alpha value is -0.140. The van der Waals surface area contributed by atoms with Crippen molar-refractivity contribution in [1.82, 2.24) is 9.97 Å². The summed E-state index contributed by atoms with van der Waals surface area (Å²) in [7, 11) is 4.30. The van der Waals surface area contributed by atoms with Gasteiger partial charge in [0.25, 0.3) is 0 Å². The molecule has 0 unspecified atom stereocenters. The number of hydrogen-bond acceptors (Lipinski definition) is 4. The lowest BCUT2D eigenvalue weighted by Crippen LogP contribution is -2.14. The summed E-state index contributed by atoms with van der Waals surface area (Å²) in [5.41, 5.74) is 4.87. The van der Waals surface area contributed by atoms with Crippen molar-refractivity contribution in [3.05, 3.63) is 8.02 Å². The number of rotatable bonds is 0. The van der Waals surface area contributed by atoms with Crippen LogP contribution in [0.3, 0.4) is 0 Å². The Bertz CT molecular complexity index is 605. The number of thiazole rings is 2. The number of aromatic nitrogens is 2. The van der Waals surface area contributed by atoms with Crippen LogP contribution in [0.25, 0.3) is 20.4 Å². The van der Waals surface area contributed by atoms with E-state index in [1.54, 1.807) is 22.7 Å². The van der Waals surface area contributed by atoms with E-state index in [2.05, 4.69) is 55.2 Å². The molecule has 0 aliphatic heterocycles. The molecular formula is C9H7B2IN2S2. The first-order valence-corrected chi connectivity index (χ1v) is 7.61. The van der Waals surface area contributed by atoms with E-state index in [1.807, 2.05) is 0 Å². The molecule has 0 saturated heterocycles. The average molecular weight is 356 g/mol. The molecule has 0 bridgehead atoms. The highest BCUT2D eigenvalue weighted by Crippen LogP contribution is 2.26. The number of benzene rings is 1. The fourth-order valence-electron chi connectivity index (χ4n) is 1.95. The van der Waals surface area contributed by atoms with Gasteiger partial charge in [0.15, 0.2) is 3.01 Å². The number of aryl methyl sites for hydroxylation is 1. The third kappa shape index (κ3) is 1.44.